The number of nitrogens with one attached hydrogen (secondary N) is 1. The zero-order chi connectivity index (χ0) is 16.4. The molecule has 1 saturated heterocycles. The van der Waals surface area contributed by atoms with Crippen LogP contribution in [-0.2, 0) is 0 Å². The highest BCUT2D eigenvalue weighted by Gasteiger charge is 2.23. The van der Waals surface area contributed by atoms with Crippen molar-refractivity contribution in [2.24, 2.45) is 0 Å². The summed E-state index contributed by atoms with van der Waals surface area (Å²) in [6, 6.07) is 8.10. The van der Waals surface area contributed by atoms with Gasteiger partial charge in [0, 0.05) is 23.1 Å². The summed E-state index contributed by atoms with van der Waals surface area (Å²) in [5.74, 6) is 2.97. The molecule has 0 atom stereocenters. The molecule has 0 saturated carbocycles. The molecular formula is C17H20N2O2S2. The van der Waals surface area contributed by atoms with Crippen LogP contribution in [0.5, 0.6) is 0 Å². The van der Waals surface area contributed by atoms with Crippen molar-refractivity contribution in [1.82, 2.24) is 5.16 Å². The van der Waals surface area contributed by atoms with Crippen molar-refractivity contribution in [3.8, 4) is 0 Å². The summed E-state index contributed by atoms with van der Waals surface area (Å²) in [6.07, 6.45) is 0. The molecule has 0 aliphatic carbocycles. The van der Waals surface area contributed by atoms with Crippen LogP contribution in [0.2, 0.25) is 0 Å². The Balaban J connectivity index is 1.80. The van der Waals surface area contributed by atoms with Gasteiger partial charge < -0.3 is 9.84 Å². The van der Waals surface area contributed by atoms with Gasteiger partial charge in [-0.3, -0.25) is 4.79 Å². The molecule has 2 heterocycles. The van der Waals surface area contributed by atoms with Crippen LogP contribution in [0.3, 0.4) is 0 Å². The topological polar surface area (TPSA) is 55.1 Å². The molecule has 1 N–H and O–H groups in total. The van der Waals surface area contributed by atoms with Gasteiger partial charge >= 0.3 is 0 Å². The van der Waals surface area contributed by atoms with Crippen LogP contribution in [0.4, 0.5) is 5.69 Å². The monoisotopic (exact) mass is 348 g/mol. The molecule has 0 bridgehead atoms. The molecule has 4 nitrogen and oxygen atoms in total. The molecule has 3 rings (SSSR count). The van der Waals surface area contributed by atoms with Crippen molar-refractivity contribution in [3.63, 3.8) is 0 Å². The number of aromatic nitrogens is 1. The summed E-state index contributed by atoms with van der Waals surface area (Å²) in [4.78, 5) is 12.6. The maximum absolute atomic E-state index is 12.6. The number of carbonyl (C=O) groups excluding carboxylic acids is 1. The predicted octanol–water partition coefficient (Wildman–Crippen LogP) is 4.84. The van der Waals surface area contributed by atoms with E-state index >= 15 is 0 Å². The number of anilines is 1. The third-order valence-electron chi connectivity index (χ3n) is 3.68. The third-order valence-corrected chi connectivity index (χ3v) is 6.78. The van der Waals surface area contributed by atoms with Crippen LogP contribution in [0.15, 0.2) is 28.8 Å². The standard InChI is InChI=1S/C17H20N2O2S2/c1-10(2)15-14(11(3)19-21-15)16(20)18-13-6-4-5-12(9-13)17-22-7-8-23-17/h4-6,9-10,17H,7-8H2,1-3H3,(H,18,20). The van der Waals surface area contributed by atoms with Gasteiger partial charge in [0.25, 0.3) is 5.91 Å². The molecule has 0 unspecified atom stereocenters. The summed E-state index contributed by atoms with van der Waals surface area (Å²) in [5.41, 5.74) is 3.25. The fourth-order valence-corrected chi connectivity index (χ4v) is 5.40. The van der Waals surface area contributed by atoms with E-state index in [0.717, 1.165) is 5.69 Å². The molecule has 2 aromatic rings. The quantitative estimate of drug-likeness (QED) is 0.857. The Morgan fingerprint density at radius 1 is 1.35 bits per heavy atom. The SMILES string of the molecule is Cc1noc(C(C)C)c1C(=O)Nc1cccc(C2SCCS2)c1. The van der Waals surface area contributed by atoms with Crippen LogP contribution in [-0.4, -0.2) is 22.6 Å². The Hall–Kier alpha value is -1.40. The van der Waals surface area contributed by atoms with Crippen LogP contribution in [0.1, 0.15) is 51.7 Å². The minimum absolute atomic E-state index is 0.120. The van der Waals surface area contributed by atoms with Crippen LogP contribution < -0.4 is 5.32 Å². The molecule has 1 fully saturated rings. The van der Waals surface area contributed by atoms with Crippen LogP contribution >= 0.6 is 23.5 Å². The molecule has 1 aromatic heterocycles. The fraction of sp³-hybridized carbons (Fsp3) is 0.412. The fourth-order valence-electron chi connectivity index (χ4n) is 2.57. The number of thioether (sulfide) groups is 2. The highest BCUT2D eigenvalue weighted by molar-refractivity contribution is 8.19. The Bertz CT molecular complexity index is 706. The smallest absolute Gasteiger partial charge is 0.261 e. The minimum Gasteiger partial charge on any atom is -0.360 e. The van der Waals surface area contributed by atoms with E-state index in [1.807, 2.05) is 49.5 Å². The van der Waals surface area contributed by atoms with E-state index in [1.54, 1.807) is 6.92 Å². The number of hydrogen-bond donors (Lipinski definition) is 1. The molecule has 0 spiro atoms. The lowest BCUT2D eigenvalue weighted by atomic mass is 10.0. The number of aryl methyl sites for hydroxylation is 1. The normalized spacial score (nSPS) is 15.3. The maximum Gasteiger partial charge on any atom is 0.261 e. The molecule has 1 aromatic carbocycles. The van der Waals surface area contributed by atoms with Gasteiger partial charge in [-0.25, -0.2) is 0 Å². The summed E-state index contributed by atoms with van der Waals surface area (Å²) in [7, 11) is 0. The molecule has 1 amide bonds. The molecule has 6 heteroatoms. The van der Waals surface area contributed by atoms with Gasteiger partial charge in [-0.2, -0.15) is 0 Å². The van der Waals surface area contributed by atoms with E-state index in [4.69, 9.17) is 4.52 Å². The van der Waals surface area contributed by atoms with Gasteiger partial charge in [0.05, 0.1) is 10.3 Å². The van der Waals surface area contributed by atoms with E-state index < -0.39 is 0 Å². The molecule has 1 aliphatic heterocycles. The molecule has 122 valence electrons. The second-order valence-corrected chi connectivity index (χ2v) is 8.54. The Labute approximate surface area is 144 Å². The van der Waals surface area contributed by atoms with Gasteiger partial charge in [0.1, 0.15) is 5.56 Å². The largest absolute Gasteiger partial charge is 0.360 e. The zero-order valence-electron chi connectivity index (χ0n) is 13.5. The van der Waals surface area contributed by atoms with Gasteiger partial charge in [0.2, 0.25) is 0 Å². The first-order valence-electron chi connectivity index (χ1n) is 7.67. The lowest BCUT2D eigenvalue weighted by Crippen LogP contribution is -2.15. The first-order chi connectivity index (χ1) is 11.1. The maximum atomic E-state index is 12.6. The highest BCUT2D eigenvalue weighted by Crippen LogP contribution is 2.45. The number of carbonyl (C=O) groups is 1. The summed E-state index contributed by atoms with van der Waals surface area (Å²) in [5, 5.41) is 6.93. The lowest BCUT2D eigenvalue weighted by Gasteiger charge is -2.11. The molecular weight excluding hydrogens is 328 g/mol. The highest BCUT2D eigenvalue weighted by atomic mass is 32.2. The van der Waals surface area contributed by atoms with Crippen LogP contribution in [0.25, 0.3) is 0 Å². The average Bonchev–Trinajstić information content (AvgIpc) is 3.16. The lowest BCUT2D eigenvalue weighted by molar-refractivity contribution is 0.102. The number of rotatable bonds is 4. The Morgan fingerprint density at radius 3 is 2.78 bits per heavy atom. The number of nitrogens with zero attached hydrogens (tertiary/aromatic N) is 1. The van der Waals surface area contributed by atoms with Crippen molar-refractivity contribution >= 4 is 35.1 Å². The van der Waals surface area contributed by atoms with Gasteiger partial charge in [-0.15, -0.1) is 23.5 Å². The zero-order valence-corrected chi connectivity index (χ0v) is 15.1. The second-order valence-electron chi connectivity index (χ2n) is 5.82. The van der Waals surface area contributed by atoms with Crippen molar-refractivity contribution in [2.45, 2.75) is 31.3 Å². The number of amides is 1. The summed E-state index contributed by atoms with van der Waals surface area (Å²) in [6.45, 7) is 5.78. The van der Waals surface area contributed by atoms with E-state index in [-0.39, 0.29) is 11.8 Å². The van der Waals surface area contributed by atoms with Crippen molar-refractivity contribution < 1.29 is 9.32 Å². The Morgan fingerprint density at radius 2 is 2.09 bits per heavy atom. The van der Waals surface area contributed by atoms with Gasteiger partial charge in [0.15, 0.2) is 5.76 Å². The van der Waals surface area contributed by atoms with E-state index in [0.29, 0.717) is 21.6 Å². The number of benzene rings is 1. The van der Waals surface area contributed by atoms with Crippen molar-refractivity contribution in [2.75, 3.05) is 16.8 Å². The van der Waals surface area contributed by atoms with E-state index in [2.05, 4.69) is 22.6 Å². The first kappa shape index (κ1) is 16.5. The molecule has 0 radical (unpaired) electrons. The number of hydrogen-bond acceptors (Lipinski definition) is 5. The first-order valence-corrected chi connectivity index (χ1v) is 9.76. The summed E-state index contributed by atoms with van der Waals surface area (Å²) < 4.78 is 5.77. The predicted molar refractivity (Wildman–Crippen MR) is 97.4 cm³/mol. The van der Waals surface area contributed by atoms with Gasteiger partial charge in [-0.1, -0.05) is 31.1 Å². The second kappa shape index (κ2) is 7.01. The average molecular weight is 348 g/mol. The van der Waals surface area contributed by atoms with E-state index in [1.165, 1.54) is 17.1 Å². The van der Waals surface area contributed by atoms with Crippen molar-refractivity contribution in [1.29, 1.82) is 0 Å². The third kappa shape index (κ3) is 3.58. The van der Waals surface area contributed by atoms with E-state index in [9.17, 15) is 4.79 Å². The van der Waals surface area contributed by atoms with Crippen LogP contribution in [0, 0.1) is 6.92 Å². The molecule has 23 heavy (non-hydrogen) atoms. The Kier molecular flexibility index (Phi) is 5.02. The van der Waals surface area contributed by atoms with Crippen molar-refractivity contribution in [3.05, 3.63) is 46.8 Å². The molecule has 1 aliphatic rings. The minimum atomic E-state index is -0.156. The summed E-state index contributed by atoms with van der Waals surface area (Å²) >= 11 is 3.91. The van der Waals surface area contributed by atoms with Gasteiger partial charge in [-0.05, 0) is 24.6 Å².